The first-order chi connectivity index (χ1) is 17.3. The second-order valence-corrected chi connectivity index (χ2v) is 10.2. The molecule has 36 heavy (non-hydrogen) atoms. The minimum Gasteiger partial charge on any atom is -0.351 e. The van der Waals surface area contributed by atoms with Crippen LogP contribution in [0.1, 0.15) is 71.1 Å². The molecule has 194 valence electrons. The van der Waals surface area contributed by atoms with E-state index in [-0.39, 0.29) is 30.0 Å². The lowest BCUT2D eigenvalue weighted by Crippen LogP contribution is -2.62. The third-order valence-corrected chi connectivity index (χ3v) is 7.43. The molecule has 1 fully saturated rings. The van der Waals surface area contributed by atoms with Crippen LogP contribution in [0.5, 0.6) is 0 Å². The minimum atomic E-state index is -1.12. The average molecular weight is 495 g/mol. The van der Waals surface area contributed by atoms with Crippen molar-refractivity contribution < 1.29 is 14.4 Å². The van der Waals surface area contributed by atoms with E-state index in [2.05, 4.69) is 20.6 Å². The lowest BCUT2D eigenvalue weighted by molar-refractivity contribution is -0.132. The summed E-state index contributed by atoms with van der Waals surface area (Å²) in [6.07, 6.45) is 5.98. The monoisotopic (exact) mass is 494 g/mol. The smallest absolute Gasteiger partial charge is 0.272 e. The van der Waals surface area contributed by atoms with Gasteiger partial charge in [0.1, 0.15) is 11.2 Å². The summed E-state index contributed by atoms with van der Waals surface area (Å²) in [5, 5.41) is 10.3. The number of likely N-dealkylation sites (tertiary alicyclic amines) is 1. The number of rotatable bonds is 8. The molecule has 1 aromatic carbocycles. The highest BCUT2D eigenvalue weighted by molar-refractivity contribution is 6.01. The summed E-state index contributed by atoms with van der Waals surface area (Å²) in [5.74, 6) is -0.893. The first kappa shape index (κ1) is 25.9. The van der Waals surface area contributed by atoms with Crippen LogP contribution in [0.2, 0.25) is 0 Å². The molecule has 1 saturated heterocycles. The number of carbonyl (C=O) groups is 3. The van der Waals surface area contributed by atoms with Gasteiger partial charge in [-0.25, -0.2) is 0 Å². The molecule has 0 unspecified atom stereocenters. The second-order valence-electron chi connectivity index (χ2n) is 10.2. The van der Waals surface area contributed by atoms with Gasteiger partial charge in [-0.15, -0.1) is 0 Å². The van der Waals surface area contributed by atoms with Crippen LogP contribution in [0, 0.1) is 6.92 Å². The van der Waals surface area contributed by atoms with E-state index < -0.39 is 5.54 Å². The van der Waals surface area contributed by atoms with Gasteiger partial charge >= 0.3 is 0 Å². The summed E-state index contributed by atoms with van der Waals surface area (Å²) >= 11 is 0. The van der Waals surface area contributed by atoms with E-state index in [9.17, 15) is 14.4 Å². The fourth-order valence-corrected chi connectivity index (χ4v) is 4.87. The zero-order chi connectivity index (χ0) is 25.7. The SMILES string of the molecule is Cc1ccc(CNC(=O)[C@@]2(C)Cn3nc(C(=O)NCCCN4CCCCCC4)cc3C(=O)N2C)cc1. The van der Waals surface area contributed by atoms with Crippen molar-refractivity contribution in [3.8, 4) is 0 Å². The molecule has 9 nitrogen and oxygen atoms in total. The molecule has 2 aliphatic heterocycles. The average Bonchev–Trinajstić information content (AvgIpc) is 3.12. The van der Waals surface area contributed by atoms with E-state index >= 15 is 0 Å². The molecule has 1 atom stereocenters. The summed E-state index contributed by atoms with van der Waals surface area (Å²) in [6.45, 7) is 8.08. The van der Waals surface area contributed by atoms with E-state index in [1.165, 1.54) is 41.3 Å². The maximum atomic E-state index is 13.2. The molecule has 0 spiro atoms. The minimum absolute atomic E-state index is 0.173. The number of carbonyl (C=O) groups excluding carboxylic acids is 3. The highest BCUT2D eigenvalue weighted by atomic mass is 16.2. The van der Waals surface area contributed by atoms with Crippen molar-refractivity contribution >= 4 is 17.7 Å². The molecule has 3 heterocycles. The molecule has 3 amide bonds. The number of hydrogen-bond donors (Lipinski definition) is 2. The van der Waals surface area contributed by atoms with Crippen LogP contribution in [0.3, 0.4) is 0 Å². The van der Waals surface area contributed by atoms with Crippen molar-refractivity contribution in [2.24, 2.45) is 0 Å². The first-order valence-electron chi connectivity index (χ1n) is 13.0. The lowest BCUT2D eigenvalue weighted by Gasteiger charge is -2.40. The molecule has 9 heteroatoms. The van der Waals surface area contributed by atoms with Crippen LogP contribution >= 0.6 is 0 Å². The molecule has 0 radical (unpaired) electrons. The molecule has 0 saturated carbocycles. The largest absolute Gasteiger partial charge is 0.351 e. The number of aryl methyl sites for hydroxylation is 1. The van der Waals surface area contributed by atoms with Crippen LogP contribution in [0.4, 0.5) is 0 Å². The van der Waals surface area contributed by atoms with Crippen LogP contribution in [-0.4, -0.2) is 76.1 Å². The Morgan fingerprint density at radius 1 is 1.06 bits per heavy atom. The van der Waals surface area contributed by atoms with Crippen LogP contribution in [0.15, 0.2) is 30.3 Å². The van der Waals surface area contributed by atoms with Crippen LogP contribution < -0.4 is 10.6 Å². The molecule has 2 aliphatic rings. The van der Waals surface area contributed by atoms with Crippen molar-refractivity contribution in [2.45, 2.75) is 64.6 Å². The second kappa shape index (κ2) is 11.2. The maximum Gasteiger partial charge on any atom is 0.272 e. The third kappa shape index (κ3) is 5.78. The number of amides is 3. The molecule has 2 N–H and O–H groups in total. The summed E-state index contributed by atoms with van der Waals surface area (Å²) in [7, 11) is 1.62. The molecule has 1 aromatic heterocycles. The topological polar surface area (TPSA) is 99.6 Å². The van der Waals surface area contributed by atoms with Crippen molar-refractivity contribution in [2.75, 3.05) is 33.2 Å². The Kier molecular flexibility index (Phi) is 8.08. The highest BCUT2D eigenvalue weighted by Crippen LogP contribution is 2.26. The van der Waals surface area contributed by atoms with Crippen LogP contribution in [0.25, 0.3) is 0 Å². The molecule has 0 bridgehead atoms. The van der Waals surface area contributed by atoms with Gasteiger partial charge in [0.2, 0.25) is 5.91 Å². The summed E-state index contributed by atoms with van der Waals surface area (Å²) in [5.41, 5.74) is 1.53. The normalized spacial score (nSPS) is 20.5. The van der Waals surface area contributed by atoms with E-state index in [1.54, 1.807) is 14.0 Å². The Bertz CT molecular complexity index is 1090. The fourth-order valence-electron chi connectivity index (χ4n) is 4.87. The number of aromatic nitrogens is 2. The molecule has 0 aliphatic carbocycles. The van der Waals surface area contributed by atoms with Gasteiger partial charge in [0.25, 0.3) is 11.8 Å². The molecular weight excluding hydrogens is 456 g/mol. The van der Waals surface area contributed by atoms with Gasteiger partial charge in [-0.05, 0) is 58.3 Å². The van der Waals surface area contributed by atoms with Gasteiger partial charge in [-0.3, -0.25) is 19.1 Å². The van der Waals surface area contributed by atoms with E-state index in [1.807, 2.05) is 31.2 Å². The number of nitrogens with zero attached hydrogens (tertiary/aromatic N) is 4. The van der Waals surface area contributed by atoms with Gasteiger partial charge in [-0.1, -0.05) is 42.7 Å². The number of likely N-dealkylation sites (N-methyl/N-ethyl adjacent to an activating group) is 1. The Labute approximate surface area is 213 Å². The van der Waals surface area contributed by atoms with Gasteiger partial charge in [0.15, 0.2) is 5.69 Å². The Balaban J connectivity index is 1.34. The van der Waals surface area contributed by atoms with Gasteiger partial charge < -0.3 is 20.4 Å². The van der Waals surface area contributed by atoms with Gasteiger partial charge in [0.05, 0.1) is 6.54 Å². The fraction of sp³-hybridized carbons (Fsp3) is 0.556. The van der Waals surface area contributed by atoms with Crippen molar-refractivity contribution in [1.82, 2.24) is 30.2 Å². The summed E-state index contributed by atoms with van der Waals surface area (Å²) in [4.78, 5) is 42.9. The third-order valence-electron chi connectivity index (χ3n) is 7.43. The number of fused-ring (bicyclic) bond motifs is 1. The number of benzene rings is 1. The molecule has 4 rings (SSSR count). The van der Waals surface area contributed by atoms with Gasteiger partial charge in [0, 0.05) is 26.2 Å². The van der Waals surface area contributed by atoms with Crippen molar-refractivity contribution in [3.63, 3.8) is 0 Å². The van der Waals surface area contributed by atoms with Crippen molar-refractivity contribution in [1.29, 1.82) is 0 Å². The zero-order valence-corrected chi connectivity index (χ0v) is 21.7. The number of hydrogen-bond acceptors (Lipinski definition) is 5. The Hall–Kier alpha value is -3.20. The molecular formula is C27H38N6O3. The quantitative estimate of drug-likeness (QED) is 0.549. The summed E-state index contributed by atoms with van der Waals surface area (Å²) in [6, 6.07) is 9.46. The van der Waals surface area contributed by atoms with Gasteiger partial charge in [-0.2, -0.15) is 5.10 Å². The Morgan fingerprint density at radius 3 is 2.44 bits per heavy atom. The Morgan fingerprint density at radius 2 is 1.75 bits per heavy atom. The zero-order valence-electron chi connectivity index (χ0n) is 21.7. The van der Waals surface area contributed by atoms with E-state index in [4.69, 9.17) is 0 Å². The predicted molar refractivity (Wildman–Crippen MR) is 138 cm³/mol. The van der Waals surface area contributed by atoms with E-state index in [0.717, 1.165) is 37.2 Å². The van der Waals surface area contributed by atoms with E-state index in [0.29, 0.717) is 18.8 Å². The first-order valence-corrected chi connectivity index (χ1v) is 13.0. The highest BCUT2D eigenvalue weighted by Gasteiger charge is 2.46. The maximum absolute atomic E-state index is 13.2. The predicted octanol–water partition coefficient (Wildman–Crippen LogP) is 2.35. The summed E-state index contributed by atoms with van der Waals surface area (Å²) < 4.78 is 1.49. The standard InChI is InChI=1S/C27H38N6O3/c1-20-9-11-21(12-10-20)18-29-26(36)27(2)19-33-23(25(35)31(27)3)17-22(30-33)24(34)28-13-8-16-32-14-6-4-5-7-15-32/h9-12,17H,4-8,13-16,18-19H2,1-3H3,(H,28,34)(H,29,36)/t27-/m1/s1. The lowest BCUT2D eigenvalue weighted by atomic mass is 9.95. The van der Waals surface area contributed by atoms with Crippen LogP contribution in [-0.2, 0) is 17.9 Å². The van der Waals surface area contributed by atoms with Crippen molar-refractivity contribution in [3.05, 3.63) is 52.8 Å². The number of nitrogens with one attached hydrogen (secondary N) is 2. The molecule has 2 aromatic rings.